The fraction of sp³-hybridized carbons (Fsp3) is 0.917. The number of carbonyl (C=O) groups is 1. The Balaban J connectivity index is 2.16. The molecule has 0 bridgehead atoms. The number of ether oxygens (including phenoxy) is 3. The standard InChI is InChI=1S/C12H20O12/c13-1-2-3(14)8(7(18)11(21)22-2)23-12-6(17)4(15)5(16)9(24-12)10(19)20/h2-9,11-18,21H,1H2,(H,19,20)/t2-,3+,4+,5+,6-,7-,8+,9+,11?,12?/m1/s1. The molecule has 12 nitrogen and oxygen atoms in total. The minimum Gasteiger partial charge on any atom is -0.479 e. The number of aliphatic hydroxyl groups is 7. The summed E-state index contributed by atoms with van der Waals surface area (Å²) in [6.07, 6.45) is -17.8. The van der Waals surface area contributed by atoms with Crippen LogP contribution < -0.4 is 0 Å². The average molecular weight is 356 g/mol. The summed E-state index contributed by atoms with van der Waals surface area (Å²) in [5.41, 5.74) is 0. The van der Waals surface area contributed by atoms with Crippen LogP contribution in [0, 0.1) is 0 Å². The van der Waals surface area contributed by atoms with E-state index in [9.17, 15) is 35.4 Å². The van der Waals surface area contributed by atoms with Gasteiger partial charge in [0.25, 0.3) is 0 Å². The van der Waals surface area contributed by atoms with Crippen molar-refractivity contribution >= 4 is 5.97 Å². The Bertz CT molecular complexity index is 446. The third kappa shape index (κ3) is 3.52. The molecular weight excluding hydrogens is 336 g/mol. The highest BCUT2D eigenvalue weighted by Crippen LogP contribution is 2.28. The number of carboxylic acid groups (broad SMARTS) is 1. The summed E-state index contributed by atoms with van der Waals surface area (Å²) in [6.45, 7) is -0.724. The van der Waals surface area contributed by atoms with Gasteiger partial charge in [-0.3, -0.25) is 0 Å². The zero-order chi connectivity index (χ0) is 18.2. The van der Waals surface area contributed by atoms with Crippen LogP contribution in [0.15, 0.2) is 0 Å². The molecule has 10 atom stereocenters. The number of hydrogen-bond acceptors (Lipinski definition) is 11. The third-order valence-corrected chi connectivity index (χ3v) is 3.94. The zero-order valence-electron chi connectivity index (χ0n) is 12.2. The minimum atomic E-state index is -1.93. The monoisotopic (exact) mass is 356 g/mol. The maximum atomic E-state index is 11.0. The van der Waals surface area contributed by atoms with Crippen molar-refractivity contribution in [1.82, 2.24) is 0 Å². The Morgan fingerprint density at radius 2 is 1.50 bits per heavy atom. The van der Waals surface area contributed by atoms with Crippen LogP contribution >= 0.6 is 0 Å². The number of hydrogen-bond donors (Lipinski definition) is 8. The summed E-state index contributed by atoms with van der Waals surface area (Å²) < 4.78 is 14.7. The smallest absolute Gasteiger partial charge is 0.335 e. The number of rotatable bonds is 4. The lowest BCUT2D eigenvalue weighted by molar-refractivity contribution is -0.351. The van der Waals surface area contributed by atoms with Crippen LogP contribution in [0.5, 0.6) is 0 Å². The zero-order valence-corrected chi connectivity index (χ0v) is 12.2. The molecule has 2 rings (SSSR count). The van der Waals surface area contributed by atoms with E-state index in [2.05, 4.69) is 0 Å². The van der Waals surface area contributed by atoms with Gasteiger partial charge in [0.15, 0.2) is 18.7 Å². The molecule has 2 saturated heterocycles. The minimum absolute atomic E-state index is 0.724. The van der Waals surface area contributed by atoms with E-state index >= 15 is 0 Å². The van der Waals surface area contributed by atoms with Crippen LogP contribution in [0.25, 0.3) is 0 Å². The van der Waals surface area contributed by atoms with Gasteiger partial charge in [0, 0.05) is 0 Å². The molecule has 24 heavy (non-hydrogen) atoms. The Labute approximate surface area is 135 Å². The second-order valence-electron chi connectivity index (χ2n) is 5.56. The Morgan fingerprint density at radius 1 is 0.875 bits per heavy atom. The van der Waals surface area contributed by atoms with Gasteiger partial charge in [-0.1, -0.05) is 0 Å². The predicted molar refractivity (Wildman–Crippen MR) is 69.2 cm³/mol. The quantitative estimate of drug-likeness (QED) is 0.238. The van der Waals surface area contributed by atoms with E-state index < -0.39 is 74.0 Å². The Hall–Kier alpha value is -0.930. The van der Waals surface area contributed by atoms with E-state index in [4.69, 9.17) is 24.4 Å². The van der Waals surface area contributed by atoms with Crippen molar-refractivity contribution < 1.29 is 59.9 Å². The highest BCUT2D eigenvalue weighted by Gasteiger charge is 2.51. The first-order chi connectivity index (χ1) is 11.2. The largest absolute Gasteiger partial charge is 0.479 e. The van der Waals surface area contributed by atoms with Gasteiger partial charge in [-0.15, -0.1) is 0 Å². The molecule has 0 amide bonds. The van der Waals surface area contributed by atoms with Crippen LogP contribution in [0.1, 0.15) is 0 Å². The van der Waals surface area contributed by atoms with Crippen LogP contribution in [-0.4, -0.2) is 115 Å². The summed E-state index contributed by atoms with van der Waals surface area (Å²) in [4.78, 5) is 11.0. The van der Waals surface area contributed by atoms with Gasteiger partial charge in [-0.25, -0.2) is 4.79 Å². The number of aliphatic carboxylic acids is 1. The number of carboxylic acids is 1. The Morgan fingerprint density at radius 3 is 2.04 bits per heavy atom. The van der Waals surface area contributed by atoms with E-state index in [0.29, 0.717) is 0 Å². The summed E-state index contributed by atoms with van der Waals surface area (Å²) in [7, 11) is 0. The molecule has 0 saturated carbocycles. The molecule has 0 aromatic rings. The first-order valence-corrected chi connectivity index (χ1v) is 7.07. The van der Waals surface area contributed by atoms with Crippen LogP contribution in [0.4, 0.5) is 0 Å². The summed E-state index contributed by atoms with van der Waals surface area (Å²) in [5, 5.41) is 76.4. The van der Waals surface area contributed by atoms with Crippen molar-refractivity contribution in [3.63, 3.8) is 0 Å². The molecule has 0 aromatic carbocycles. The fourth-order valence-electron chi connectivity index (χ4n) is 2.55. The topological polar surface area (TPSA) is 207 Å². The average Bonchev–Trinajstić information content (AvgIpc) is 2.54. The molecule has 12 heteroatoms. The molecule has 2 heterocycles. The van der Waals surface area contributed by atoms with Crippen molar-refractivity contribution in [3.8, 4) is 0 Å². The molecule has 2 fully saturated rings. The third-order valence-electron chi connectivity index (χ3n) is 3.94. The molecule has 2 unspecified atom stereocenters. The second kappa shape index (κ2) is 7.53. The van der Waals surface area contributed by atoms with Gasteiger partial charge < -0.3 is 55.1 Å². The predicted octanol–water partition coefficient (Wildman–Crippen LogP) is -5.30. The van der Waals surface area contributed by atoms with Crippen molar-refractivity contribution in [2.24, 2.45) is 0 Å². The highest BCUT2D eigenvalue weighted by molar-refractivity contribution is 5.73. The van der Waals surface area contributed by atoms with Crippen LogP contribution in [0.2, 0.25) is 0 Å². The SMILES string of the molecule is O=C(O)[C@H]1OC(O[C@H]2[C@@H](O)[C@@H](CO)OC(O)[C@@H]2O)[C@H](O)[C@@H](O)[C@@H]1O. The summed E-state index contributed by atoms with van der Waals surface area (Å²) >= 11 is 0. The second-order valence-corrected chi connectivity index (χ2v) is 5.56. The maximum Gasteiger partial charge on any atom is 0.335 e. The van der Waals surface area contributed by atoms with E-state index in [1.165, 1.54) is 0 Å². The van der Waals surface area contributed by atoms with E-state index in [0.717, 1.165) is 0 Å². The van der Waals surface area contributed by atoms with Crippen molar-refractivity contribution in [2.75, 3.05) is 6.61 Å². The lowest BCUT2D eigenvalue weighted by Gasteiger charge is -2.44. The van der Waals surface area contributed by atoms with E-state index in [1.54, 1.807) is 0 Å². The Kier molecular flexibility index (Phi) is 6.09. The molecule has 0 aliphatic carbocycles. The fourth-order valence-corrected chi connectivity index (χ4v) is 2.55. The molecule has 2 aliphatic rings. The van der Waals surface area contributed by atoms with Crippen molar-refractivity contribution in [3.05, 3.63) is 0 Å². The molecule has 140 valence electrons. The molecular formula is C12H20O12. The van der Waals surface area contributed by atoms with E-state index in [-0.39, 0.29) is 0 Å². The molecule has 2 aliphatic heterocycles. The molecule has 0 spiro atoms. The van der Waals surface area contributed by atoms with Gasteiger partial charge in [-0.05, 0) is 0 Å². The van der Waals surface area contributed by atoms with Gasteiger partial charge in [0.05, 0.1) is 6.61 Å². The summed E-state index contributed by atoms with van der Waals surface area (Å²) in [6, 6.07) is 0. The van der Waals surface area contributed by atoms with Gasteiger partial charge in [0.2, 0.25) is 0 Å². The van der Waals surface area contributed by atoms with Gasteiger partial charge in [0.1, 0.15) is 42.7 Å². The van der Waals surface area contributed by atoms with Crippen LogP contribution in [0.3, 0.4) is 0 Å². The van der Waals surface area contributed by atoms with E-state index in [1.807, 2.05) is 0 Å². The normalized spacial score (nSPS) is 49.8. The van der Waals surface area contributed by atoms with Crippen molar-refractivity contribution in [2.45, 2.75) is 61.4 Å². The first-order valence-electron chi connectivity index (χ1n) is 7.07. The first kappa shape index (κ1) is 19.4. The lowest BCUT2D eigenvalue weighted by atomic mass is 9.97. The van der Waals surface area contributed by atoms with Gasteiger partial charge >= 0.3 is 5.97 Å². The molecule has 0 radical (unpaired) electrons. The van der Waals surface area contributed by atoms with Crippen LogP contribution in [-0.2, 0) is 19.0 Å². The maximum absolute atomic E-state index is 11.0. The highest BCUT2D eigenvalue weighted by atomic mass is 16.7. The van der Waals surface area contributed by atoms with Crippen molar-refractivity contribution in [1.29, 1.82) is 0 Å². The molecule has 0 aromatic heterocycles. The molecule has 8 N–H and O–H groups in total. The number of aliphatic hydroxyl groups excluding tert-OH is 7. The lowest BCUT2D eigenvalue weighted by Crippen LogP contribution is -2.65. The van der Waals surface area contributed by atoms with Gasteiger partial charge in [-0.2, -0.15) is 0 Å². The summed E-state index contributed by atoms with van der Waals surface area (Å²) in [5.74, 6) is -1.64.